The van der Waals surface area contributed by atoms with E-state index in [9.17, 15) is 29.4 Å². The summed E-state index contributed by atoms with van der Waals surface area (Å²) in [5.74, 6) is -6.09. The lowest BCUT2D eigenvalue weighted by Crippen LogP contribution is -2.75. The molecule has 34 heavy (non-hydrogen) atoms. The summed E-state index contributed by atoms with van der Waals surface area (Å²) in [7, 11) is 0. The number of piperidine rings is 1. The number of amides is 1. The maximum atomic E-state index is 13.6. The molecule has 188 valence electrons. The number of carboxylic acids is 2. The van der Waals surface area contributed by atoms with Crippen LogP contribution in [-0.2, 0) is 25.7 Å². The van der Waals surface area contributed by atoms with E-state index in [2.05, 4.69) is 5.32 Å². The molecular weight excluding hydrogens is 442 g/mol. The summed E-state index contributed by atoms with van der Waals surface area (Å²) < 4.78 is 5.47. The van der Waals surface area contributed by atoms with E-state index in [-0.39, 0.29) is 12.5 Å². The van der Waals surface area contributed by atoms with Crippen LogP contribution in [0.3, 0.4) is 0 Å². The van der Waals surface area contributed by atoms with Gasteiger partial charge in [-0.2, -0.15) is 0 Å². The molecule has 10 heteroatoms. The highest BCUT2D eigenvalue weighted by Gasteiger charge is 2.65. The van der Waals surface area contributed by atoms with Crippen molar-refractivity contribution in [2.45, 2.75) is 58.8 Å². The maximum absolute atomic E-state index is 13.6. The van der Waals surface area contributed by atoms with E-state index < -0.39 is 53.4 Å². The number of Topliss-reactive ketones (excluding diaryl/α,β-unsaturated/α-hetero) is 1. The van der Waals surface area contributed by atoms with Crippen molar-refractivity contribution in [3.05, 3.63) is 35.9 Å². The number of ether oxygens (including phenoxy) is 1. The minimum atomic E-state index is -2.79. The van der Waals surface area contributed by atoms with E-state index >= 15 is 0 Å². The van der Waals surface area contributed by atoms with Crippen LogP contribution in [0.1, 0.15) is 46.1 Å². The molecule has 1 fully saturated rings. The first-order valence-electron chi connectivity index (χ1n) is 11.3. The second-order valence-corrected chi connectivity index (χ2v) is 9.85. The molecule has 0 spiro atoms. The smallest absolute Gasteiger partial charge is 0.412 e. The van der Waals surface area contributed by atoms with E-state index in [0.717, 1.165) is 11.3 Å². The molecule has 4 atom stereocenters. The van der Waals surface area contributed by atoms with Crippen molar-refractivity contribution in [1.29, 1.82) is 0 Å². The molecule has 5 N–H and O–H groups in total. The topological polar surface area (TPSA) is 159 Å². The lowest BCUT2D eigenvalue weighted by molar-refractivity contribution is -0.178. The fourth-order valence-electron chi connectivity index (χ4n) is 4.69. The van der Waals surface area contributed by atoms with Gasteiger partial charge in [0.15, 0.2) is 5.78 Å². The van der Waals surface area contributed by atoms with Gasteiger partial charge in [-0.1, -0.05) is 58.0 Å². The van der Waals surface area contributed by atoms with Gasteiger partial charge in [-0.05, 0) is 36.3 Å². The Balaban J connectivity index is 2.71. The van der Waals surface area contributed by atoms with E-state index in [4.69, 9.17) is 10.5 Å². The van der Waals surface area contributed by atoms with Gasteiger partial charge in [0.05, 0.1) is 12.7 Å². The van der Waals surface area contributed by atoms with Gasteiger partial charge in [-0.25, -0.2) is 9.59 Å². The number of hydrogen-bond donors (Lipinski definition) is 4. The summed E-state index contributed by atoms with van der Waals surface area (Å²) in [6.45, 7) is 5.98. The van der Waals surface area contributed by atoms with Crippen LogP contribution in [0.15, 0.2) is 30.3 Å². The van der Waals surface area contributed by atoms with E-state index in [1.807, 2.05) is 6.92 Å². The van der Waals surface area contributed by atoms with Gasteiger partial charge < -0.3 is 20.7 Å². The van der Waals surface area contributed by atoms with Crippen LogP contribution in [0.25, 0.3) is 0 Å². The molecular formula is C24H35N3O7. The Morgan fingerprint density at radius 1 is 1.18 bits per heavy atom. The maximum Gasteiger partial charge on any atom is 0.412 e. The first kappa shape index (κ1) is 27.3. The number of nitrogens with zero attached hydrogens (tertiary/aromatic N) is 1. The minimum absolute atomic E-state index is 0.0908. The number of nitrogens with two attached hydrogens (primary N) is 1. The molecule has 1 aliphatic heterocycles. The van der Waals surface area contributed by atoms with E-state index in [0.29, 0.717) is 18.5 Å². The molecule has 10 nitrogen and oxygen atoms in total. The monoisotopic (exact) mass is 477 g/mol. The summed E-state index contributed by atoms with van der Waals surface area (Å²) in [6, 6.07) is 8.75. The average molecular weight is 478 g/mol. The van der Waals surface area contributed by atoms with Crippen LogP contribution in [0.2, 0.25) is 0 Å². The van der Waals surface area contributed by atoms with Crippen molar-refractivity contribution >= 4 is 23.8 Å². The van der Waals surface area contributed by atoms with E-state index in [1.54, 1.807) is 30.3 Å². The Kier molecular flexibility index (Phi) is 8.79. The summed E-state index contributed by atoms with van der Waals surface area (Å²) in [4.78, 5) is 53.2. The third-order valence-corrected chi connectivity index (χ3v) is 6.20. The summed E-state index contributed by atoms with van der Waals surface area (Å²) >= 11 is 0. The molecule has 0 bridgehead atoms. The molecule has 1 aromatic carbocycles. The van der Waals surface area contributed by atoms with E-state index in [1.165, 1.54) is 20.8 Å². The quantitative estimate of drug-likeness (QED) is 0.390. The molecule has 1 amide bonds. The standard InChI is InChI=1S/C24H35N3O7/c1-15-10-11-26-18(12-15)27(22(33)34-14-16-8-6-5-7-9-16)24(21(31)32,17(28)13-25)19(20(29)30)23(2,3)4/h5-9,15,18-19,26H,10-14,25H2,1-4H3,(H,29,30)(H,31,32)/t15?,18?,19?,24-/m0/s1. The fourth-order valence-corrected chi connectivity index (χ4v) is 4.69. The number of rotatable bonds is 9. The molecule has 1 aromatic rings. The van der Waals surface area contributed by atoms with Crippen LogP contribution in [0.5, 0.6) is 0 Å². The molecule has 1 saturated heterocycles. The molecule has 3 unspecified atom stereocenters. The number of carboxylic acid groups (broad SMARTS) is 2. The molecule has 0 aromatic heterocycles. The molecule has 1 heterocycles. The fraction of sp³-hybridized carbons (Fsp3) is 0.583. The lowest BCUT2D eigenvalue weighted by atomic mass is 9.65. The highest BCUT2D eigenvalue weighted by atomic mass is 16.6. The van der Waals surface area contributed by atoms with Gasteiger partial charge in [-0.15, -0.1) is 0 Å². The second-order valence-electron chi connectivity index (χ2n) is 9.85. The first-order chi connectivity index (χ1) is 15.9. The lowest BCUT2D eigenvalue weighted by Gasteiger charge is -2.50. The Labute approximate surface area is 199 Å². The van der Waals surface area contributed by atoms with Crippen LogP contribution >= 0.6 is 0 Å². The van der Waals surface area contributed by atoms with Crippen LogP contribution in [0, 0.1) is 17.3 Å². The number of carbonyl (C=O) groups is 4. The Morgan fingerprint density at radius 2 is 1.79 bits per heavy atom. The van der Waals surface area contributed by atoms with Gasteiger partial charge in [0.25, 0.3) is 0 Å². The van der Waals surface area contributed by atoms with Gasteiger partial charge in [-0.3, -0.25) is 19.8 Å². The molecule has 1 aliphatic rings. The van der Waals surface area contributed by atoms with Gasteiger partial charge in [0, 0.05) is 0 Å². The summed E-state index contributed by atoms with van der Waals surface area (Å²) in [5.41, 5.74) is 2.26. The van der Waals surface area contributed by atoms with Crippen molar-refractivity contribution in [2.24, 2.45) is 23.0 Å². The second kappa shape index (κ2) is 11.0. The van der Waals surface area contributed by atoms with Gasteiger partial charge >= 0.3 is 18.0 Å². The Bertz CT molecular complexity index is 900. The zero-order valence-electron chi connectivity index (χ0n) is 20.1. The summed E-state index contributed by atoms with van der Waals surface area (Å²) in [5, 5.41) is 23.8. The number of nitrogens with one attached hydrogen (secondary N) is 1. The zero-order valence-corrected chi connectivity index (χ0v) is 20.1. The van der Waals surface area contributed by atoms with Crippen molar-refractivity contribution < 1.29 is 34.1 Å². The van der Waals surface area contributed by atoms with Crippen LogP contribution in [-0.4, -0.2) is 63.7 Å². The number of hydrogen-bond acceptors (Lipinski definition) is 7. The van der Waals surface area contributed by atoms with Crippen molar-refractivity contribution in [3.8, 4) is 0 Å². The molecule has 2 rings (SSSR count). The third-order valence-electron chi connectivity index (χ3n) is 6.20. The number of ketones is 1. The summed E-state index contributed by atoms with van der Waals surface area (Å²) in [6.07, 6.45) is -0.960. The van der Waals surface area contributed by atoms with Crippen LogP contribution < -0.4 is 11.1 Å². The number of carbonyl (C=O) groups excluding carboxylic acids is 2. The van der Waals surface area contributed by atoms with Gasteiger partial charge in [0.2, 0.25) is 5.54 Å². The zero-order chi connectivity index (χ0) is 25.7. The normalized spacial score (nSPS) is 21.1. The van der Waals surface area contributed by atoms with Crippen molar-refractivity contribution in [1.82, 2.24) is 10.2 Å². The highest BCUT2D eigenvalue weighted by molar-refractivity contribution is 6.13. The third kappa shape index (κ3) is 5.56. The number of benzene rings is 1. The SMILES string of the molecule is CC1CCNC(N(C(=O)OCc2ccccc2)[C@@](C(=O)O)(C(=O)CN)C(C(=O)O)C(C)(C)C)C1. The Morgan fingerprint density at radius 3 is 2.26 bits per heavy atom. The van der Waals surface area contributed by atoms with Crippen molar-refractivity contribution in [2.75, 3.05) is 13.1 Å². The van der Waals surface area contributed by atoms with Crippen LogP contribution in [0.4, 0.5) is 4.79 Å². The predicted molar refractivity (Wildman–Crippen MR) is 124 cm³/mol. The largest absolute Gasteiger partial charge is 0.481 e. The van der Waals surface area contributed by atoms with Gasteiger partial charge in [0.1, 0.15) is 12.5 Å². The minimum Gasteiger partial charge on any atom is -0.481 e. The molecule has 0 aliphatic carbocycles. The first-order valence-corrected chi connectivity index (χ1v) is 11.3. The highest BCUT2D eigenvalue weighted by Crippen LogP contribution is 2.42. The number of aliphatic carboxylic acids is 2. The van der Waals surface area contributed by atoms with Crippen molar-refractivity contribution in [3.63, 3.8) is 0 Å². The predicted octanol–water partition coefficient (Wildman–Crippen LogP) is 2.07. The average Bonchev–Trinajstić information content (AvgIpc) is 2.75. The Hall–Kier alpha value is -2.98. The molecule has 0 saturated carbocycles. The molecule has 0 radical (unpaired) electrons.